The molecule has 1 aromatic heterocycles. The van der Waals surface area contributed by atoms with Crippen molar-refractivity contribution in [2.45, 2.75) is 31.7 Å². The Balaban J connectivity index is 1.53. The summed E-state index contributed by atoms with van der Waals surface area (Å²) in [6.07, 6.45) is 3.02. The van der Waals surface area contributed by atoms with Crippen molar-refractivity contribution >= 4 is 17.7 Å². The number of nitrogens with zero attached hydrogens (tertiary/aromatic N) is 1. The maximum Gasteiger partial charge on any atom is 0.326 e. The molecule has 0 saturated carbocycles. The third-order valence-electron chi connectivity index (χ3n) is 5.06. The smallest absolute Gasteiger partial charge is 0.326 e. The van der Waals surface area contributed by atoms with Crippen molar-refractivity contribution in [3.8, 4) is 0 Å². The number of carboxylic acid groups (broad SMARTS) is 1. The number of carbonyl (C=O) groups is 2. The summed E-state index contributed by atoms with van der Waals surface area (Å²) < 4.78 is 0. The summed E-state index contributed by atoms with van der Waals surface area (Å²) in [7, 11) is 1.86. The van der Waals surface area contributed by atoms with Crippen LogP contribution in [0.25, 0.3) is 0 Å². The Bertz CT molecular complexity index is 1000. The van der Waals surface area contributed by atoms with Crippen LogP contribution in [-0.4, -0.2) is 35.1 Å². The zero-order chi connectivity index (χ0) is 22.1. The molecule has 3 rings (SSSR count). The fraction of sp³-hybridized carbons (Fsp3) is 0.240. The van der Waals surface area contributed by atoms with Gasteiger partial charge in [-0.25, -0.2) is 9.78 Å². The lowest BCUT2D eigenvalue weighted by atomic mass is 10.0. The Morgan fingerprint density at radius 2 is 1.61 bits per heavy atom. The van der Waals surface area contributed by atoms with Gasteiger partial charge in [0.05, 0.1) is 0 Å². The molecule has 160 valence electrons. The summed E-state index contributed by atoms with van der Waals surface area (Å²) in [6.45, 7) is 0. The second-order valence-electron chi connectivity index (χ2n) is 7.37. The Morgan fingerprint density at radius 1 is 0.903 bits per heavy atom. The van der Waals surface area contributed by atoms with E-state index >= 15 is 0 Å². The van der Waals surface area contributed by atoms with Crippen molar-refractivity contribution in [1.82, 2.24) is 10.3 Å². The first-order valence-corrected chi connectivity index (χ1v) is 10.4. The monoisotopic (exact) mass is 417 g/mol. The number of anilines is 1. The standard InChI is InChI=1S/C25H27N3O3/c1-26-23-12-6-11-21(27-23)10-5-7-18-13-15-19(16-14-18)17-22(25(30)31)28-24(29)20-8-3-2-4-9-20/h2-4,6,8-9,11-16,22H,5,7,10,17H2,1H3,(H,26,27)(H,28,29)(H,30,31)/t22-/m0/s1. The number of hydrogen-bond donors (Lipinski definition) is 3. The quantitative estimate of drug-likeness (QED) is 0.468. The minimum atomic E-state index is -1.05. The summed E-state index contributed by atoms with van der Waals surface area (Å²) >= 11 is 0. The summed E-state index contributed by atoms with van der Waals surface area (Å²) in [6, 6.07) is 21.5. The highest BCUT2D eigenvalue weighted by Gasteiger charge is 2.21. The van der Waals surface area contributed by atoms with Crippen molar-refractivity contribution < 1.29 is 14.7 Å². The zero-order valence-corrected chi connectivity index (χ0v) is 17.5. The molecule has 1 amide bonds. The van der Waals surface area contributed by atoms with Crippen LogP contribution < -0.4 is 10.6 Å². The van der Waals surface area contributed by atoms with Gasteiger partial charge in [-0.15, -0.1) is 0 Å². The number of carbonyl (C=O) groups excluding carboxylic acids is 1. The Labute approximate surface area is 182 Å². The maximum absolute atomic E-state index is 12.3. The maximum atomic E-state index is 12.3. The van der Waals surface area contributed by atoms with E-state index in [2.05, 4.69) is 15.6 Å². The van der Waals surface area contributed by atoms with Crippen LogP contribution in [0, 0.1) is 0 Å². The number of rotatable bonds is 10. The van der Waals surface area contributed by atoms with Crippen LogP contribution in [0.15, 0.2) is 72.8 Å². The average molecular weight is 418 g/mol. The van der Waals surface area contributed by atoms with E-state index in [9.17, 15) is 14.7 Å². The van der Waals surface area contributed by atoms with Crippen LogP contribution in [0.2, 0.25) is 0 Å². The average Bonchev–Trinajstić information content (AvgIpc) is 2.80. The van der Waals surface area contributed by atoms with E-state index in [1.54, 1.807) is 24.3 Å². The van der Waals surface area contributed by atoms with Crippen LogP contribution in [0.5, 0.6) is 0 Å². The normalized spacial score (nSPS) is 11.5. The number of amides is 1. The predicted octanol–water partition coefficient (Wildman–Crippen LogP) is 3.72. The van der Waals surface area contributed by atoms with Crippen molar-refractivity contribution in [1.29, 1.82) is 0 Å². The largest absolute Gasteiger partial charge is 0.480 e. The van der Waals surface area contributed by atoms with Crippen LogP contribution in [0.1, 0.15) is 33.6 Å². The molecule has 0 aliphatic rings. The second kappa shape index (κ2) is 10.9. The lowest BCUT2D eigenvalue weighted by Gasteiger charge is -2.15. The highest BCUT2D eigenvalue weighted by molar-refractivity contribution is 5.96. The number of aliphatic carboxylic acids is 1. The van der Waals surface area contributed by atoms with E-state index in [0.29, 0.717) is 5.56 Å². The second-order valence-corrected chi connectivity index (χ2v) is 7.37. The van der Waals surface area contributed by atoms with E-state index in [0.717, 1.165) is 36.3 Å². The Kier molecular flexibility index (Phi) is 7.76. The summed E-state index contributed by atoms with van der Waals surface area (Å²) in [4.78, 5) is 28.5. The van der Waals surface area contributed by atoms with Crippen molar-refractivity contribution in [2.24, 2.45) is 0 Å². The fourth-order valence-corrected chi connectivity index (χ4v) is 3.34. The molecule has 1 heterocycles. The van der Waals surface area contributed by atoms with Crippen LogP contribution >= 0.6 is 0 Å². The molecule has 0 unspecified atom stereocenters. The van der Waals surface area contributed by atoms with Gasteiger partial charge in [0.15, 0.2) is 0 Å². The van der Waals surface area contributed by atoms with Gasteiger partial charge in [0.1, 0.15) is 11.9 Å². The van der Waals surface area contributed by atoms with E-state index < -0.39 is 12.0 Å². The first-order valence-electron chi connectivity index (χ1n) is 10.4. The molecule has 0 saturated heterocycles. The molecule has 6 heteroatoms. The van der Waals surface area contributed by atoms with Crippen LogP contribution in [0.4, 0.5) is 5.82 Å². The van der Waals surface area contributed by atoms with Gasteiger partial charge in [-0.05, 0) is 54.7 Å². The van der Waals surface area contributed by atoms with E-state index in [-0.39, 0.29) is 12.3 Å². The van der Waals surface area contributed by atoms with Crippen molar-refractivity contribution in [3.05, 3.63) is 95.2 Å². The molecule has 31 heavy (non-hydrogen) atoms. The van der Waals surface area contributed by atoms with Crippen LogP contribution in [0.3, 0.4) is 0 Å². The van der Waals surface area contributed by atoms with E-state index in [1.165, 1.54) is 5.56 Å². The fourth-order valence-electron chi connectivity index (χ4n) is 3.34. The molecule has 0 aliphatic carbocycles. The topological polar surface area (TPSA) is 91.3 Å². The van der Waals surface area contributed by atoms with E-state index in [1.807, 2.05) is 55.6 Å². The molecule has 2 aromatic carbocycles. The van der Waals surface area contributed by atoms with E-state index in [4.69, 9.17) is 0 Å². The Morgan fingerprint density at radius 3 is 2.29 bits per heavy atom. The summed E-state index contributed by atoms with van der Waals surface area (Å²) in [5, 5.41) is 15.2. The van der Waals surface area contributed by atoms with Crippen LogP contribution in [-0.2, 0) is 24.1 Å². The summed E-state index contributed by atoms with van der Waals surface area (Å²) in [5.74, 6) is -0.570. The Hall–Kier alpha value is -3.67. The third kappa shape index (κ3) is 6.67. The minimum absolute atomic E-state index is 0.231. The number of hydrogen-bond acceptors (Lipinski definition) is 4. The lowest BCUT2D eigenvalue weighted by Crippen LogP contribution is -2.42. The molecule has 0 aliphatic heterocycles. The van der Waals surface area contributed by atoms with Crippen molar-refractivity contribution in [3.63, 3.8) is 0 Å². The molecule has 0 bridgehead atoms. The van der Waals surface area contributed by atoms with Gasteiger partial charge in [0.2, 0.25) is 0 Å². The first-order chi connectivity index (χ1) is 15.0. The number of pyridine rings is 1. The number of aryl methyl sites for hydroxylation is 2. The molecular formula is C25H27N3O3. The van der Waals surface area contributed by atoms with Gasteiger partial charge in [-0.3, -0.25) is 4.79 Å². The van der Waals surface area contributed by atoms with Crippen molar-refractivity contribution in [2.75, 3.05) is 12.4 Å². The zero-order valence-electron chi connectivity index (χ0n) is 17.5. The van der Waals surface area contributed by atoms with Gasteiger partial charge < -0.3 is 15.7 Å². The third-order valence-corrected chi connectivity index (χ3v) is 5.06. The first kappa shape index (κ1) is 22.0. The lowest BCUT2D eigenvalue weighted by molar-refractivity contribution is -0.139. The number of aromatic nitrogens is 1. The molecule has 0 radical (unpaired) electrons. The summed E-state index contributed by atoms with van der Waals surface area (Å²) in [5.41, 5.74) is 3.56. The molecule has 0 fully saturated rings. The number of nitrogens with one attached hydrogen (secondary N) is 2. The number of carboxylic acids is 1. The van der Waals surface area contributed by atoms with Gasteiger partial charge in [0.25, 0.3) is 5.91 Å². The highest BCUT2D eigenvalue weighted by Crippen LogP contribution is 2.12. The SMILES string of the molecule is CNc1cccc(CCCc2ccc(C[C@H](NC(=O)c3ccccc3)C(=O)O)cc2)n1. The van der Waals surface area contributed by atoms with Gasteiger partial charge in [-0.2, -0.15) is 0 Å². The molecule has 0 spiro atoms. The molecule has 3 aromatic rings. The molecule has 1 atom stereocenters. The highest BCUT2D eigenvalue weighted by atomic mass is 16.4. The molecule has 3 N–H and O–H groups in total. The predicted molar refractivity (Wildman–Crippen MR) is 121 cm³/mol. The molecular weight excluding hydrogens is 390 g/mol. The molecule has 6 nitrogen and oxygen atoms in total. The number of benzene rings is 2. The van der Waals surface area contributed by atoms with Gasteiger partial charge in [0, 0.05) is 24.7 Å². The van der Waals surface area contributed by atoms with Gasteiger partial charge in [-0.1, -0.05) is 48.5 Å². The van der Waals surface area contributed by atoms with Gasteiger partial charge >= 0.3 is 5.97 Å². The minimum Gasteiger partial charge on any atom is -0.480 e.